The quantitative estimate of drug-likeness (QED) is 0.851. The van der Waals surface area contributed by atoms with E-state index in [1.807, 2.05) is 0 Å². The minimum atomic E-state index is -3.66. The smallest absolute Gasteiger partial charge is 0.245 e. The predicted octanol–water partition coefficient (Wildman–Crippen LogP) is 3.71. The number of anilines is 2. The molecule has 0 bridgehead atoms. The number of carbonyl (C=O) groups is 1. The van der Waals surface area contributed by atoms with Gasteiger partial charge in [-0.3, -0.25) is 9.10 Å². The highest BCUT2D eigenvalue weighted by molar-refractivity contribution is 7.92. The van der Waals surface area contributed by atoms with Crippen molar-refractivity contribution in [3.63, 3.8) is 0 Å². The Morgan fingerprint density at radius 2 is 1.83 bits per heavy atom. The number of sulfonamides is 1. The molecule has 0 fully saturated rings. The molecule has 24 heavy (non-hydrogen) atoms. The largest absolute Gasteiger partial charge is 0.324 e. The van der Waals surface area contributed by atoms with Gasteiger partial charge >= 0.3 is 0 Å². The molecule has 0 heterocycles. The van der Waals surface area contributed by atoms with Crippen molar-refractivity contribution in [3.05, 3.63) is 58.1 Å². The molecule has 2 aromatic carbocycles. The molecule has 0 saturated carbocycles. The number of nitrogens with zero attached hydrogens (tertiary/aromatic N) is 1. The van der Waals surface area contributed by atoms with E-state index in [0.29, 0.717) is 27.0 Å². The molecule has 0 spiro atoms. The summed E-state index contributed by atoms with van der Waals surface area (Å²) in [6, 6.07) is 11.5. The maximum Gasteiger partial charge on any atom is 0.245 e. The van der Waals surface area contributed by atoms with Crippen LogP contribution in [0.25, 0.3) is 0 Å². The second-order valence-corrected chi connectivity index (χ2v) is 7.96. The van der Waals surface area contributed by atoms with Crippen LogP contribution in [0.3, 0.4) is 0 Å². The van der Waals surface area contributed by atoms with E-state index in [-0.39, 0.29) is 6.54 Å². The summed E-state index contributed by atoms with van der Waals surface area (Å²) in [5, 5.41) is 3.52. The van der Waals surface area contributed by atoms with E-state index in [2.05, 4.69) is 5.32 Å². The van der Waals surface area contributed by atoms with E-state index in [1.165, 1.54) is 0 Å². The number of benzene rings is 2. The summed E-state index contributed by atoms with van der Waals surface area (Å²) in [6.45, 7) is 1.33. The maximum atomic E-state index is 12.3. The Kier molecular flexibility index (Phi) is 5.74. The van der Waals surface area contributed by atoms with E-state index in [1.54, 1.807) is 49.4 Å². The van der Waals surface area contributed by atoms with Crippen molar-refractivity contribution in [3.8, 4) is 0 Å². The van der Waals surface area contributed by atoms with Crippen LogP contribution < -0.4 is 9.62 Å². The van der Waals surface area contributed by atoms with Crippen molar-refractivity contribution < 1.29 is 13.2 Å². The van der Waals surface area contributed by atoms with Crippen LogP contribution in [0.15, 0.2) is 42.5 Å². The molecule has 1 amide bonds. The highest BCUT2D eigenvalue weighted by atomic mass is 35.5. The van der Waals surface area contributed by atoms with Crippen LogP contribution >= 0.6 is 23.2 Å². The number of halogens is 2. The monoisotopic (exact) mass is 386 g/mol. The number of amides is 1. The average molecular weight is 387 g/mol. The van der Waals surface area contributed by atoms with Crippen molar-refractivity contribution in [2.75, 3.05) is 22.4 Å². The lowest BCUT2D eigenvalue weighted by atomic mass is 10.2. The summed E-state index contributed by atoms with van der Waals surface area (Å²) in [5.41, 5.74) is 1.44. The van der Waals surface area contributed by atoms with Gasteiger partial charge in [0.15, 0.2) is 0 Å². The van der Waals surface area contributed by atoms with Crippen LogP contribution in [0, 0.1) is 6.92 Å². The van der Waals surface area contributed by atoms with Crippen molar-refractivity contribution in [2.24, 2.45) is 0 Å². The highest BCUT2D eigenvalue weighted by Crippen LogP contribution is 2.28. The Bertz CT molecular complexity index is 869. The SMILES string of the molecule is Cc1c(Cl)cccc1N(CC(=O)Nc1cccc(Cl)c1)S(C)(=O)=O. The number of carbonyl (C=O) groups excluding carboxylic acids is 1. The molecular formula is C16H16Cl2N2O3S. The maximum absolute atomic E-state index is 12.3. The highest BCUT2D eigenvalue weighted by Gasteiger charge is 2.23. The van der Waals surface area contributed by atoms with Gasteiger partial charge in [0.25, 0.3) is 0 Å². The molecule has 2 aromatic rings. The summed E-state index contributed by atoms with van der Waals surface area (Å²) < 4.78 is 25.3. The van der Waals surface area contributed by atoms with Gasteiger partial charge < -0.3 is 5.32 Å². The molecule has 2 rings (SSSR count). The van der Waals surface area contributed by atoms with Gasteiger partial charge in [-0.25, -0.2) is 8.42 Å². The van der Waals surface area contributed by atoms with Gasteiger partial charge in [0, 0.05) is 15.7 Å². The van der Waals surface area contributed by atoms with Crippen molar-refractivity contribution >= 4 is 50.5 Å². The molecule has 5 nitrogen and oxygen atoms in total. The molecule has 0 saturated heterocycles. The second-order valence-electron chi connectivity index (χ2n) is 5.21. The van der Waals surface area contributed by atoms with Gasteiger partial charge in [-0.15, -0.1) is 0 Å². The molecule has 0 unspecified atom stereocenters. The first-order chi connectivity index (χ1) is 11.2. The Morgan fingerprint density at radius 1 is 1.17 bits per heavy atom. The third-order valence-electron chi connectivity index (χ3n) is 3.30. The Labute approximate surface area is 151 Å². The Morgan fingerprint density at radius 3 is 2.46 bits per heavy atom. The van der Waals surface area contributed by atoms with Gasteiger partial charge in [-0.05, 0) is 42.8 Å². The minimum Gasteiger partial charge on any atom is -0.324 e. The van der Waals surface area contributed by atoms with Gasteiger partial charge in [-0.2, -0.15) is 0 Å². The zero-order chi connectivity index (χ0) is 17.9. The molecular weight excluding hydrogens is 371 g/mol. The fourth-order valence-corrected chi connectivity index (χ4v) is 3.41. The molecule has 0 aliphatic rings. The molecule has 0 aromatic heterocycles. The zero-order valence-corrected chi connectivity index (χ0v) is 15.4. The van der Waals surface area contributed by atoms with Crippen LogP contribution in [-0.4, -0.2) is 27.1 Å². The first kappa shape index (κ1) is 18.6. The van der Waals surface area contributed by atoms with Gasteiger partial charge in [0.05, 0.1) is 11.9 Å². The summed E-state index contributed by atoms with van der Waals surface area (Å²) in [7, 11) is -3.66. The van der Waals surface area contributed by atoms with E-state index in [9.17, 15) is 13.2 Å². The first-order valence-corrected chi connectivity index (χ1v) is 9.57. The van der Waals surface area contributed by atoms with Gasteiger partial charge in [-0.1, -0.05) is 35.3 Å². The van der Waals surface area contributed by atoms with Crippen LogP contribution in [0.2, 0.25) is 10.0 Å². The molecule has 1 N–H and O–H groups in total. The van der Waals surface area contributed by atoms with Crippen LogP contribution in [0.4, 0.5) is 11.4 Å². The molecule has 0 aliphatic carbocycles. The zero-order valence-electron chi connectivity index (χ0n) is 13.1. The van der Waals surface area contributed by atoms with Crippen molar-refractivity contribution in [1.82, 2.24) is 0 Å². The van der Waals surface area contributed by atoms with Crippen molar-refractivity contribution in [1.29, 1.82) is 0 Å². The lowest BCUT2D eigenvalue weighted by molar-refractivity contribution is -0.114. The van der Waals surface area contributed by atoms with E-state index in [0.717, 1.165) is 10.6 Å². The standard InChI is InChI=1S/C16H16Cl2N2O3S/c1-11-14(18)7-4-8-15(11)20(24(2,22)23)10-16(21)19-13-6-3-5-12(17)9-13/h3-9H,10H2,1-2H3,(H,19,21). The number of nitrogens with one attached hydrogen (secondary N) is 1. The fraction of sp³-hybridized carbons (Fsp3) is 0.188. The summed E-state index contributed by atoms with van der Waals surface area (Å²) in [5.74, 6) is -0.484. The van der Waals surface area contributed by atoms with E-state index >= 15 is 0 Å². The third-order valence-corrected chi connectivity index (χ3v) is 5.07. The summed E-state index contributed by atoms with van der Waals surface area (Å²) in [6.07, 6.45) is 1.04. The van der Waals surface area contributed by atoms with Gasteiger partial charge in [0.1, 0.15) is 6.54 Å². The lowest BCUT2D eigenvalue weighted by Crippen LogP contribution is -2.37. The third kappa shape index (κ3) is 4.63. The van der Waals surface area contributed by atoms with Crippen LogP contribution in [-0.2, 0) is 14.8 Å². The number of hydrogen-bond donors (Lipinski definition) is 1. The Hall–Kier alpha value is -1.76. The van der Waals surface area contributed by atoms with Crippen LogP contribution in [0.5, 0.6) is 0 Å². The van der Waals surface area contributed by atoms with E-state index < -0.39 is 15.9 Å². The number of rotatable bonds is 5. The topological polar surface area (TPSA) is 66.5 Å². The average Bonchev–Trinajstić information content (AvgIpc) is 2.47. The Balaban J connectivity index is 2.27. The van der Waals surface area contributed by atoms with Crippen LogP contribution in [0.1, 0.15) is 5.56 Å². The summed E-state index contributed by atoms with van der Waals surface area (Å²) in [4.78, 5) is 12.3. The fourth-order valence-electron chi connectivity index (χ4n) is 2.14. The van der Waals surface area contributed by atoms with E-state index in [4.69, 9.17) is 23.2 Å². The number of hydrogen-bond acceptors (Lipinski definition) is 3. The molecule has 0 aliphatic heterocycles. The predicted molar refractivity (Wildman–Crippen MR) is 98.5 cm³/mol. The summed E-state index contributed by atoms with van der Waals surface area (Å²) >= 11 is 11.9. The molecule has 0 atom stereocenters. The van der Waals surface area contributed by atoms with Gasteiger partial charge in [0.2, 0.25) is 15.9 Å². The van der Waals surface area contributed by atoms with Crippen molar-refractivity contribution in [2.45, 2.75) is 6.92 Å². The molecule has 128 valence electrons. The lowest BCUT2D eigenvalue weighted by Gasteiger charge is -2.24. The first-order valence-electron chi connectivity index (χ1n) is 6.97. The molecule has 0 radical (unpaired) electrons. The normalized spacial score (nSPS) is 11.2. The minimum absolute atomic E-state index is 0.367. The molecule has 8 heteroatoms. The second kappa shape index (κ2) is 7.42.